The van der Waals surface area contributed by atoms with Crippen molar-refractivity contribution in [2.24, 2.45) is 0 Å². The van der Waals surface area contributed by atoms with Crippen molar-refractivity contribution in [3.05, 3.63) is 47.1 Å². The molecule has 0 aliphatic heterocycles. The zero-order chi connectivity index (χ0) is 14.2. The Balaban J connectivity index is 2.02. The molecule has 0 saturated carbocycles. The van der Waals surface area contributed by atoms with E-state index in [-0.39, 0.29) is 10.8 Å². The van der Waals surface area contributed by atoms with Crippen LogP contribution in [0.5, 0.6) is 0 Å². The van der Waals surface area contributed by atoms with Crippen LogP contribution in [0, 0.1) is 0 Å². The number of aromatic amines is 2. The number of aromatic nitrogens is 4. The molecule has 0 radical (unpaired) electrons. The Labute approximate surface area is 113 Å². The zero-order valence-corrected chi connectivity index (χ0v) is 10.8. The number of benzene rings is 1. The summed E-state index contributed by atoms with van der Waals surface area (Å²) in [5.74, 6) is -0.0184. The van der Waals surface area contributed by atoms with E-state index in [2.05, 4.69) is 24.7 Å². The van der Waals surface area contributed by atoms with Gasteiger partial charge in [0.05, 0.1) is 15.9 Å². The highest BCUT2D eigenvalue weighted by molar-refractivity contribution is 7.92. The van der Waals surface area contributed by atoms with E-state index in [9.17, 15) is 13.2 Å². The van der Waals surface area contributed by atoms with Gasteiger partial charge >= 0.3 is 5.69 Å². The molecule has 102 valence electrons. The van der Waals surface area contributed by atoms with Gasteiger partial charge in [-0.3, -0.25) is 0 Å². The maximum atomic E-state index is 12.2. The van der Waals surface area contributed by atoms with Gasteiger partial charge in [-0.25, -0.2) is 27.9 Å². The minimum absolute atomic E-state index is 0.00713. The molecule has 0 amide bonds. The Hall–Kier alpha value is -2.68. The topological polar surface area (TPSA) is 121 Å². The second-order valence-corrected chi connectivity index (χ2v) is 5.65. The van der Waals surface area contributed by atoms with Crippen LogP contribution < -0.4 is 10.4 Å². The molecular weight excluding hydrogens is 282 g/mol. The van der Waals surface area contributed by atoms with E-state index in [0.29, 0.717) is 11.0 Å². The summed E-state index contributed by atoms with van der Waals surface area (Å²) in [6.45, 7) is 0. The van der Waals surface area contributed by atoms with Crippen molar-refractivity contribution in [1.82, 2.24) is 19.9 Å². The lowest BCUT2D eigenvalue weighted by atomic mass is 10.3. The van der Waals surface area contributed by atoms with Crippen LogP contribution in [0.3, 0.4) is 0 Å². The summed E-state index contributed by atoms with van der Waals surface area (Å²) in [4.78, 5) is 23.8. The first kappa shape index (κ1) is 12.4. The van der Waals surface area contributed by atoms with Crippen LogP contribution in [0.2, 0.25) is 0 Å². The van der Waals surface area contributed by atoms with Crippen molar-refractivity contribution in [2.45, 2.75) is 4.90 Å². The Morgan fingerprint density at radius 2 is 1.75 bits per heavy atom. The van der Waals surface area contributed by atoms with Crippen LogP contribution >= 0.6 is 0 Å². The highest BCUT2D eigenvalue weighted by atomic mass is 32.2. The summed E-state index contributed by atoms with van der Waals surface area (Å²) in [5, 5.41) is 0. The molecule has 0 aliphatic carbocycles. The summed E-state index contributed by atoms with van der Waals surface area (Å²) in [6, 6.07) is 5.83. The fraction of sp³-hybridized carbons (Fsp3) is 0. The molecule has 3 aromatic rings. The molecular formula is C11H9N5O3S. The molecule has 3 N–H and O–H groups in total. The van der Waals surface area contributed by atoms with Gasteiger partial charge in [0, 0.05) is 12.4 Å². The van der Waals surface area contributed by atoms with Crippen LogP contribution in [-0.2, 0) is 10.0 Å². The van der Waals surface area contributed by atoms with Gasteiger partial charge in [-0.2, -0.15) is 0 Å². The van der Waals surface area contributed by atoms with Gasteiger partial charge in [0.15, 0.2) is 0 Å². The van der Waals surface area contributed by atoms with E-state index in [1.807, 2.05) is 0 Å². The standard InChI is InChI=1S/C11H9N5O3S/c17-11-14-8-3-2-7(6-9(8)15-11)20(18,19)16-10-12-4-1-5-13-10/h1-6H,(H,12,13,16)(H2,14,15,17). The lowest BCUT2D eigenvalue weighted by Crippen LogP contribution is -2.14. The van der Waals surface area contributed by atoms with Crippen LogP contribution in [0.4, 0.5) is 5.95 Å². The summed E-state index contributed by atoms with van der Waals surface area (Å²) in [7, 11) is -3.81. The lowest BCUT2D eigenvalue weighted by molar-refractivity contribution is 0.601. The molecule has 0 unspecified atom stereocenters. The Morgan fingerprint density at radius 1 is 1.05 bits per heavy atom. The molecule has 3 rings (SSSR count). The monoisotopic (exact) mass is 291 g/mol. The molecule has 20 heavy (non-hydrogen) atoms. The smallest absolute Gasteiger partial charge is 0.306 e. The molecule has 2 aromatic heterocycles. The predicted octanol–water partition coefficient (Wildman–Crippen LogP) is 0.447. The van der Waals surface area contributed by atoms with Crippen LogP contribution in [0.25, 0.3) is 11.0 Å². The van der Waals surface area contributed by atoms with Crippen molar-refractivity contribution in [3.63, 3.8) is 0 Å². The third kappa shape index (κ3) is 2.26. The highest BCUT2D eigenvalue weighted by Crippen LogP contribution is 2.16. The number of anilines is 1. The fourth-order valence-corrected chi connectivity index (χ4v) is 2.69. The van der Waals surface area contributed by atoms with Gasteiger partial charge < -0.3 is 9.97 Å². The minimum Gasteiger partial charge on any atom is -0.306 e. The Bertz CT molecular complexity index is 914. The lowest BCUT2D eigenvalue weighted by Gasteiger charge is -2.05. The van der Waals surface area contributed by atoms with Crippen LogP contribution in [0.1, 0.15) is 0 Å². The van der Waals surface area contributed by atoms with Crippen molar-refractivity contribution in [3.8, 4) is 0 Å². The zero-order valence-electron chi connectivity index (χ0n) is 9.99. The number of H-pyrrole nitrogens is 2. The number of sulfonamides is 1. The quantitative estimate of drug-likeness (QED) is 0.647. The van der Waals surface area contributed by atoms with Gasteiger partial charge in [0.1, 0.15) is 0 Å². The third-order valence-electron chi connectivity index (χ3n) is 2.59. The molecule has 0 saturated heterocycles. The minimum atomic E-state index is -3.81. The molecule has 8 nitrogen and oxygen atoms in total. The molecule has 0 atom stereocenters. The number of nitrogens with one attached hydrogen (secondary N) is 3. The maximum Gasteiger partial charge on any atom is 0.323 e. The summed E-state index contributed by atoms with van der Waals surface area (Å²) in [6.07, 6.45) is 2.86. The van der Waals surface area contributed by atoms with E-state index < -0.39 is 15.7 Å². The molecule has 9 heteroatoms. The van der Waals surface area contributed by atoms with Crippen molar-refractivity contribution in [2.75, 3.05) is 4.72 Å². The van der Waals surface area contributed by atoms with Crippen LogP contribution in [-0.4, -0.2) is 28.4 Å². The van der Waals surface area contributed by atoms with Gasteiger partial charge in [0.2, 0.25) is 5.95 Å². The van der Waals surface area contributed by atoms with Crippen molar-refractivity contribution < 1.29 is 8.42 Å². The first-order valence-corrected chi connectivity index (χ1v) is 7.05. The first-order chi connectivity index (χ1) is 9.54. The number of nitrogens with zero attached hydrogens (tertiary/aromatic N) is 2. The van der Waals surface area contributed by atoms with Gasteiger partial charge in [-0.1, -0.05) is 0 Å². The molecule has 0 spiro atoms. The van der Waals surface area contributed by atoms with E-state index in [1.165, 1.54) is 30.6 Å². The average molecular weight is 291 g/mol. The molecule has 1 aromatic carbocycles. The number of fused-ring (bicyclic) bond motifs is 1. The van der Waals surface area contributed by atoms with E-state index in [0.717, 1.165) is 0 Å². The normalized spacial score (nSPS) is 11.6. The van der Waals surface area contributed by atoms with Gasteiger partial charge in [0.25, 0.3) is 10.0 Å². The van der Waals surface area contributed by atoms with Crippen molar-refractivity contribution >= 4 is 27.0 Å². The SMILES string of the molecule is O=c1[nH]c2ccc(S(=O)(=O)Nc3ncccn3)cc2[nH]1. The highest BCUT2D eigenvalue weighted by Gasteiger charge is 2.16. The summed E-state index contributed by atoms with van der Waals surface area (Å²) >= 11 is 0. The average Bonchev–Trinajstić information content (AvgIpc) is 2.78. The fourth-order valence-electron chi connectivity index (χ4n) is 1.71. The van der Waals surface area contributed by atoms with E-state index in [4.69, 9.17) is 0 Å². The van der Waals surface area contributed by atoms with Gasteiger partial charge in [-0.05, 0) is 24.3 Å². The van der Waals surface area contributed by atoms with Crippen molar-refractivity contribution in [1.29, 1.82) is 0 Å². The number of rotatable bonds is 3. The maximum absolute atomic E-state index is 12.2. The summed E-state index contributed by atoms with van der Waals surface area (Å²) in [5.41, 5.74) is 0.547. The molecule has 0 fully saturated rings. The number of imidazole rings is 1. The number of hydrogen-bond acceptors (Lipinski definition) is 5. The second kappa shape index (κ2) is 4.46. The molecule has 0 bridgehead atoms. The van der Waals surface area contributed by atoms with E-state index >= 15 is 0 Å². The number of hydrogen-bond donors (Lipinski definition) is 3. The molecule has 2 heterocycles. The van der Waals surface area contributed by atoms with Gasteiger partial charge in [-0.15, -0.1) is 0 Å². The second-order valence-electron chi connectivity index (χ2n) is 3.96. The third-order valence-corrected chi connectivity index (χ3v) is 3.91. The largest absolute Gasteiger partial charge is 0.323 e. The first-order valence-electron chi connectivity index (χ1n) is 5.56. The van der Waals surface area contributed by atoms with E-state index in [1.54, 1.807) is 6.07 Å². The Kier molecular flexibility index (Phi) is 2.75. The predicted molar refractivity (Wildman–Crippen MR) is 71.8 cm³/mol. The van der Waals surface area contributed by atoms with Crippen LogP contribution in [0.15, 0.2) is 46.3 Å². The Morgan fingerprint density at radius 3 is 2.50 bits per heavy atom. The molecule has 0 aliphatic rings. The summed E-state index contributed by atoms with van der Waals surface area (Å²) < 4.78 is 26.6.